The van der Waals surface area contributed by atoms with Gasteiger partial charge in [0, 0.05) is 6.54 Å². The molecule has 5 nitrogen and oxygen atoms in total. The molecule has 0 aromatic carbocycles. The molecule has 2 aromatic rings. The highest BCUT2D eigenvalue weighted by atomic mass is 16.3. The SMILES string of the molecule is Cc1ccc(-c2nc(N)c(C#N)c(C3CCCNC3)c2C)o1. The predicted octanol–water partition coefficient (Wildman–Crippen LogP) is 2.88. The van der Waals surface area contributed by atoms with Gasteiger partial charge in [0.1, 0.15) is 23.3 Å². The quantitative estimate of drug-likeness (QED) is 0.889. The number of nitrogen functional groups attached to an aromatic ring is 1. The molecule has 1 saturated heterocycles. The van der Waals surface area contributed by atoms with Gasteiger partial charge in [-0.05, 0) is 62.4 Å². The van der Waals surface area contributed by atoms with Crippen LogP contribution in [0.5, 0.6) is 0 Å². The van der Waals surface area contributed by atoms with Gasteiger partial charge in [-0.2, -0.15) is 5.26 Å². The molecule has 2 aromatic heterocycles. The predicted molar refractivity (Wildman–Crippen MR) is 85.4 cm³/mol. The fourth-order valence-corrected chi connectivity index (χ4v) is 3.24. The van der Waals surface area contributed by atoms with Crippen LogP contribution in [0.2, 0.25) is 0 Å². The van der Waals surface area contributed by atoms with Crippen LogP contribution in [0.1, 0.15) is 41.2 Å². The molecule has 1 atom stereocenters. The molecule has 114 valence electrons. The molecule has 0 radical (unpaired) electrons. The van der Waals surface area contributed by atoms with Gasteiger partial charge in [-0.25, -0.2) is 4.98 Å². The molecule has 0 bridgehead atoms. The summed E-state index contributed by atoms with van der Waals surface area (Å²) in [6, 6.07) is 6.05. The molecule has 5 heteroatoms. The van der Waals surface area contributed by atoms with Crippen molar-refractivity contribution in [1.82, 2.24) is 10.3 Å². The van der Waals surface area contributed by atoms with Crippen molar-refractivity contribution < 1.29 is 4.42 Å². The van der Waals surface area contributed by atoms with Crippen LogP contribution >= 0.6 is 0 Å². The van der Waals surface area contributed by atoms with Crippen molar-refractivity contribution in [2.45, 2.75) is 32.6 Å². The Balaban J connectivity index is 2.18. The second-order valence-electron chi connectivity index (χ2n) is 5.82. The summed E-state index contributed by atoms with van der Waals surface area (Å²) in [5, 5.41) is 12.9. The van der Waals surface area contributed by atoms with Crippen molar-refractivity contribution in [3.05, 3.63) is 34.6 Å². The van der Waals surface area contributed by atoms with Crippen LogP contribution in [0, 0.1) is 25.2 Å². The molecular formula is C17H20N4O. The zero-order valence-electron chi connectivity index (χ0n) is 12.9. The lowest BCUT2D eigenvalue weighted by atomic mass is 9.85. The van der Waals surface area contributed by atoms with E-state index in [1.54, 1.807) is 0 Å². The van der Waals surface area contributed by atoms with Crippen LogP contribution in [0.4, 0.5) is 5.82 Å². The lowest BCUT2D eigenvalue weighted by Gasteiger charge is -2.26. The average Bonchev–Trinajstić information content (AvgIpc) is 2.96. The van der Waals surface area contributed by atoms with E-state index in [0.717, 1.165) is 48.5 Å². The van der Waals surface area contributed by atoms with E-state index in [-0.39, 0.29) is 5.82 Å². The topological polar surface area (TPSA) is 87.9 Å². The normalized spacial score (nSPS) is 18.1. The molecule has 3 rings (SSSR count). The smallest absolute Gasteiger partial charge is 0.153 e. The Morgan fingerprint density at radius 3 is 2.82 bits per heavy atom. The van der Waals surface area contributed by atoms with E-state index in [9.17, 15) is 5.26 Å². The molecule has 0 saturated carbocycles. The zero-order valence-corrected chi connectivity index (χ0v) is 12.9. The first-order chi connectivity index (χ1) is 10.6. The minimum absolute atomic E-state index is 0.290. The number of pyridine rings is 1. The number of anilines is 1. The van der Waals surface area contributed by atoms with Crippen molar-refractivity contribution in [1.29, 1.82) is 5.26 Å². The fourth-order valence-electron chi connectivity index (χ4n) is 3.24. The Labute approximate surface area is 130 Å². The van der Waals surface area contributed by atoms with E-state index in [0.29, 0.717) is 17.2 Å². The highest BCUT2D eigenvalue weighted by Crippen LogP contribution is 2.36. The van der Waals surface area contributed by atoms with Gasteiger partial charge in [-0.3, -0.25) is 0 Å². The highest BCUT2D eigenvalue weighted by Gasteiger charge is 2.25. The number of aromatic nitrogens is 1. The third-order valence-corrected chi connectivity index (χ3v) is 4.31. The van der Waals surface area contributed by atoms with Gasteiger partial charge in [0.25, 0.3) is 0 Å². The van der Waals surface area contributed by atoms with Crippen LogP contribution in [0.15, 0.2) is 16.5 Å². The molecule has 1 aliphatic heterocycles. The van der Waals surface area contributed by atoms with E-state index in [2.05, 4.69) is 16.4 Å². The number of aryl methyl sites for hydroxylation is 1. The molecule has 3 heterocycles. The zero-order chi connectivity index (χ0) is 15.7. The summed E-state index contributed by atoms with van der Waals surface area (Å²) in [4.78, 5) is 4.42. The first-order valence-corrected chi connectivity index (χ1v) is 7.59. The second kappa shape index (κ2) is 5.82. The van der Waals surface area contributed by atoms with Crippen molar-refractivity contribution in [2.75, 3.05) is 18.8 Å². The number of nitriles is 1. The molecule has 0 aliphatic carbocycles. The maximum absolute atomic E-state index is 9.51. The number of nitrogens with one attached hydrogen (secondary N) is 1. The number of rotatable bonds is 2. The number of nitrogens with two attached hydrogens (primary N) is 1. The Morgan fingerprint density at radius 1 is 1.41 bits per heavy atom. The first kappa shape index (κ1) is 14.6. The van der Waals surface area contributed by atoms with Gasteiger partial charge < -0.3 is 15.5 Å². The summed E-state index contributed by atoms with van der Waals surface area (Å²) in [6.07, 6.45) is 2.16. The summed E-state index contributed by atoms with van der Waals surface area (Å²) in [7, 11) is 0. The monoisotopic (exact) mass is 296 g/mol. The minimum atomic E-state index is 0.290. The van der Waals surface area contributed by atoms with E-state index in [4.69, 9.17) is 10.2 Å². The molecule has 0 spiro atoms. The van der Waals surface area contributed by atoms with Crippen LogP contribution in [-0.2, 0) is 0 Å². The molecule has 1 fully saturated rings. The Kier molecular flexibility index (Phi) is 3.86. The van der Waals surface area contributed by atoms with Crippen molar-refractivity contribution in [2.24, 2.45) is 0 Å². The van der Waals surface area contributed by atoms with Gasteiger partial charge in [0.15, 0.2) is 5.76 Å². The van der Waals surface area contributed by atoms with Crippen molar-refractivity contribution >= 4 is 5.82 Å². The molecular weight excluding hydrogens is 276 g/mol. The van der Waals surface area contributed by atoms with Crippen molar-refractivity contribution in [3.63, 3.8) is 0 Å². The standard InChI is InChI=1S/C17H20N4O/c1-10-5-6-14(22-10)16-11(2)15(12-4-3-7-20-9-12)13(8-18)17(19)21-16/h5-6,12,20H,3-4,7,9H2,1-2H3,(H2,19,21). The third-order valence-electron chi connectivity index (χ3n) is 4.31. The van der Waals surface area contributed by atoms with Gasteiger partial charge in [0.05, 0.1) is 5.56 Å². The second-order valence-corrected chi connectivity index (χ2v) is 5.82. The summed E-state index contributed by atoms with van der Waals surface area (Å²) >= 11 is 0. The maximum atomic E-state index is 9.51. The largest absolute Gasteiger partial charge is 0.460 e. The van der Waals surface area contributed by atoms with Crippen LogP contribution < -0.4 is 11.1 Å². The summed E-state index contributed by atoms with van der Waals surface area (Å²) < 4.78 is 5.70. The Hall–Kier alpha value is -2.32. The summed E-state index contributed by atoms with van der Waals surface area (Å²) in [5.74, 6) is 2.12. The number of piperidine rings is 1. The van der Waals surface area contributed by atoms with Crippen LogP contribution in [0.25, 0.3) is 11.5 Å². The van der Waals surface area contributed by atoms with Crippen molar-refractivity contribution in [3.8, 4) is 17.5 Å². The lowest BCUT2D eigenvalue weighted by Crippen LogP contribution is -2.29. The van der Waals surface area contributed by atoms with Crippen LogP contribution in [0.3, 0.4) is 0 Å². The van der Waals surface area contributed by atoms with Gasteiger partial charge in [-0.15, -0.1) is 0 Å². The minimum Gasteiger partial charge on any atom is -0.460 e. The Bertz CT molecular complexity index is 736. The van der Waals surface area contributed by atoms with Gasteiger partial charge in [-0.1, -0.05) is 0 Å². The fraction of sp³-hybridized carbons (Fsp3) is 0.412. The molecule has 22 heavy (non-hydrogen) atoms. The van der Waals surface area contributed by atoms with E-state index in [1.165, 1.54) is 0 Å². The molecule has 1 unspecified atom stereocenters. The van der Waals surface area contributed by atoms with Gasteiger partial charge >= 0.3 is 0 Å². The van der Waals surface area contributed by atoms with E-state index >= 15 is 0 Å². The Morgan fingerprint density at radius 2 is 2.23 bits per heavy atom. The molecule has 0 amide bonds. The number of nitrogens with zero attached hydrogens (tertiary/aromatic N) is 2. The number of hydrogen-bond acceptors (Lipinski definition) is 5. The number of furan rings is 1. The summed E-state index contributed by atoms with van der Waals surface area (Å²) in [6.45, 7) is 5.81. The highest BCUT2D eigenvalue weighted by molar-refractivity contribution is 5.68. The molecule has 1 aliphatic rings. The summed E-state index contributed by atoms with van der Waals surface area (Å²) in [5.41, 5.74) is 9.32. The van der Waals surface area contributed by atoms with E-state index in [1.807, 2.05) is 26.0 Å². The third kappa shape index (κ3) is 2.46. The first-order valence-electron chi connectivity index (χ1n) is 7.59. The molecule has 3 N–H and O–H groups in total. The van der Waals surface area contributed by atoms with E-state index < -0.39 is 0 Å². The average molecular weight is 296 g/mol. The number of hydrogen-bond donors (Lipinski definition) is 2. The lowest BCUT2D eigenvalue weighted by molar-refractivity contribution is 0.459. The van der Waals surface area contributed by atoms with Gasteiger partial charge in [0.2, 0.25) is 0 Å². The van der Waals surface area contributed by atoms with Crippen LogP contribution in [-0.4, -0.2) is 18.1 Å². The maximum Gasteiger partial charge on any atom is 0.153 e.